The van der Waals surface area contributed by atoms with Crippen molar-refractivity contribution in [1.29, 1.82) is 0 Å². The number of hydrogen-bond donors (Lipinski definition) is 1. The van der Waals surface area contributed by atoms with E-state index < -0.39 is 5.82 Å². The summed E-state index contributed by atoms with van der Waals surface area (Å²) in [5, 5.41) is 7.93. The van der Waals surface area contributed by atoms with Gasteiger partial charge in [-0.1, -0.05) is 12.8 Å². The van der Waals surface area contributed by atoms with E-state index in [9.17, 15) is 9.18 Å². The Morgan fingerprint density at radius 2 is 2.00 bits per heavy atom. The molecule has 4 heterocycles. The molecule has 1 aliphatic carbocycles. The number of carbonyl (C=O) groups excluding carboxylic acids is 1. The number of carbonyl (C=O) groups is 1. The van der Waals surface area contributed by atoms with Gasteiger partial charge in [-0.05, 0) is 64.3 Å². The van der Waals surface area contributed by atoms with Crippen molar-refractivity contribution in [3.05, 3.63) is 52.2 Å². The number of nitrogens with zero attached hydrogens (tertiary/aromatic N) is 5. The van der Waals surface area contributed by atoms with E-state index in [1.165, 1.54) is 80.5 Å². The molecule has 0 radical (unpaired) electrons. The number of rotatable bonds is 7. The fourth-order valence-corrected chi connectivity index (χ4v) is 5.59. The lowest BCUT2D eigenvalue weighted by Gasteiger charge is -2.27. The van der Waals surface area contributed by atoms with Crippen LogP contribution in [0.3, 0.4) is 0 Å². The van der Waals surface area contributed by atoms with Crippen molar-refractivity contribution in [2.45, 2.75) is 57.8 Å². The summed E-state index contributed by atoms with van der Waals surface area (Å²) >= 11 is 1.61. The number of anilines is 1. The number of halogens is 1. The molecular weight excluding hydrogens is 439 g/mol. The van der Waals surface area contributed by atoms with E-state index in [1.807, 2.05) is 0 Å². The zero-order chi connectivity index (χ0) is 22.8. The Hall–Kier alpha value is -2.65. The molecule has 3 aromatic heterocycles. The number of nitrogens with one attached hydrogen (secondary N) is 1. The Labute approximate surface area is 197 Å². The first-order valence-electron chi connectivity index (χ1n) is 11.8. The summed E-state index contributed by atoms with van der Waals surface area (Å²) in [7, 11) is 0. The van der Waals surface area contributed by atoms with E-state index in [1.54, 1.807) is 22.9 Å². The first-order valence-corrected chi connectivity index (χ1v) is 12.6. The van der Waals surface area contributed by atoms with Crippen molar-refractivity contribution in [2.24, 2.45) is 0 Å². The van der Waals surface area contributed by atoms with Crippen molar-refractivity contribution >= 4 is 22.4 Å². The highest BCUT2D eigenvalue weighted by Gasteiger charge is 2.27. The van der Waals surface area contributed by atoms with Gasteiger partial charge in [-0.2, -0.15) is 5.10 Å². The second kappa shape index (κ2) is 9.69. The summed E-state index contributed by atoms with van der Waals surface area (Å²) in [6, 6.07) is 2.86. The van der Waals surface area contributed by atoms with Crippen LogP contribution in [0.25, 0.3) is 5.82 Å². The van der Waals surface area contributed by atoms with Gasteiger partial charge in [0.1, 0.15) is 5.82 Å². The second-order valence-corrected chi connectivity index (χ2v) is 10.0. The lowest BCUT2D eigenvalue weighted by molar-refractivity contribution is 0.102. The van der Waals surface area contributed by atoms with E-state index in [0.717, 1.165) is 19.2 Å². The maximum absolute atomic E-state index is 13.2. The summed E-state index contributed by atoms with van der Waals surface area (Å²) in [6.45, 7) is 5.24. The van der Waals surface area contributed by atoms with E-state index in [2.05, 4.69) is 20.3 Å². The van der Waals surface area contributed by atoms with Crippen LogP contribution in [0.15, 0.2) is 24.5 Å². The molecule has 174 valence electrons. The molecule has 1 N–H and O–H groups in total. The fourth-order valence-electron chi connectivity index (χ4n) is 4.56. The maximum Gasteiger partial charge on any atom is 0.260 e. The van der Waals surface area contributed by atoms with Crippen molar-refractivity contribution in [1.82, 2.24) is 24.6 Å². The quantitative estimate of drug-likeness (QED) is 0.543. The molecule has 0 bridgehead atoms. The normalized spacial score (nSPS) is 17.2. The number of amides is 1. The number of pyridine rings is 1. The van der Waals surface area contributed by atoms with Crippen LogP contribution in [0.5, 0.6) is 0 Å². The second-order valence-electron chi connectivity index (χ2n) is 8.95. The van der Waals surface area contributed by atoms with Gasteiger partial charge in [0.25, 0.3) is 5.91 Å². The summed E-state index contributed by atoms with van der Waals surface area (Å²) in [4.78, 5) is 25.8. The van der Waals surface area contributed by atoms with Gasteiger partial charge in [0.15, 0.2) is 10.9 Å². The highest BCUT2D eigenvalue weighted by atomic mass is 32.1. The lowest BCUT2D eigenvalue weighted by Crippen LogP contribution is -2.31. The molecular formula is C24H29FN6OS. The fraction of sp³-hybridized carbons (Fsp3) is 0.500. The highest BCUT2D eigenvalue weighted by Crippen LogP contribution is 2.40. The molecule has 1 aliphatic heterocycles. The minimum atomic E-state index is -0.413. The van der Waals surface area contributed by atoms with Gasteiger partial charge in [0, 0.05) is 17.3 Å². The minimum Gasteiger partial charge on any atom is -0.303 e. The lowest BCUT2D eigenvalue weighted by atomic mass is 9.82. The Morgan fingerprint density at radius 1 is 1.18 bits per heavy atom. The summed E-state index contributed by atoms with van der Waals surface area (Å²) < 4.78 is 14.7. The van der Waals surface area contributed by atoms with Crippen LogP contribution >= 0.6 is 11.3 Å². The topological polar surface area (TPSA) is 75.9 Å². The molecule has 7 nitrogen and oxygen atoms in total. The molecule has 2 fully saturated rings. The van der Waals surface area contributed by atoms with Crippen LogP contribution in [0, 0.1) is 12.7 Å². The Bertz CT molecular complexity index is 1110. The third-order valence-corrected chi connectivity index (χ3v) is 7.77. The molecule has 0 unspecified atom stereocenters. The molecule has 0 atom stereocenters. The minimum absolute atomic E-state index is 0.239. The third kappa shape index (κ3) is 4.84. The standard InChI is InChI=1S/C24H29FN6OS/c1-16-19(15-27-31(16)21-9-8-18(25)14-26-21)23(32)29-24-28-22(17-6-5-7-17)20(33-24)10-13-30-11-3-2-4-12-30/h8-9,14-15,17H,2-7,10-13H2,1H3,(H,28,29,32). The SMILES string of the molecule is Cc1c(C(=O)Nc2nc(C3CCC3)c(CCN3CCCCC3)s2)cnn1-c1ccc(F)cn1. The Morgan fingerprint density at radius 3 is 2.70 bits per heavy atom. The van der Waals surface area contributed by atoms with Crippen LogP contribution in [0.2, 0.25) is 0 Å². The molecule has 1 saturated carbocycles. The van der Waals surface area contributed by atoms with Crippen molar-refractivity contribution in [3.63, 3.8) is 0 Å². The van der Waals surface area contributed by atoms with E-state index in [4.69, 9.17) is 4.98 Å². The van der Waals surface area contributed by atoms with Gasteiger partial charge >= 0.3 is 0 Å². The van der Waals surface area contributed by atoms with Crippen molar-refractivity contribution in [3.8, 4) is 5.82 Å². The molecule has 0 aromatic carbocycles. The average Bonchev–Trinajstić information content (AvgIpc) is 3.35. The zero-order valence-electron chi connectivity index (χ0n) is 18.9. The Kier molecular flexibility index (Phi) is 6.50. The van der Waals surface area contributed by atoms with Crippen LogP contribution in [0.1, 0.15) is 71.1 Å². The Balaban J connectivity index is 1.31. The molecule has 0 spiro atoms. The number of thiazole rings is 1. The number of aromatic nitrogens is 4. The number of hydrogen-bond acceptors (Lipinski definition) is 6. The van der Waals surface area contributed by atoms with Crippen LogP contribution < -0.4 is 5.32 Å². The molecule has 2 aliphatic rings. The number of likely N-dealkylation sites (tertiary alicyclic amines) is 1. The molecule has 33 heavy (non-hydrogen) atoms. The molecule has 1 saturated heterocycles. The molecule has 3 aromatic rings. The summed E-state index contributed by atoms with van der Waals surface area (Å²) in [5.74, 6) is 0.341. The van der Waals surface area contributed by atoms with E-state index in [-0.39, 0.29) is 5.91 Å². The predicted octanol–water partition coefficient (Wildman–Crippen LogP) is 4.72. The van der Waals surface area contributed by atoms with Crippen LogP contribution in [0.4, 0.5) is 9.52 Å². The third-order valence-electron chi connectivity index (χ3n) is 6.73. The molecule has 5 rings (SSSR count). The maximum atomic E-state index is 13.2. The van der Waals surface area contributed by atoms with Crippen molar-refractivity contribution < 1.29 is 9.18 Å². The monoisotopic (exact) mass is 468 g/mol. The van der Waals surface area contributed by atoms with Gasteiger partial charge < -0.3 is 4.90 Å². The first-order chi connectivity index (χ1) is 16.1. The van der Waals surface area contributed by atoms with Gasteiger partial charge in [-0.15, -0.1) is 11.3 Å². The largest absolute Gasteiger partial charge is 0.303 e. The zero-order valence-corrected chi connectivity index (χ0v) is 19.7. The smallest absolute Gasteiger partial charge is 0.260 e. The van der Waals surface area contributed by atoms with E-state index in [0.29, 0.717) is 28.1 Å². The predicted molar refractivity (Wildman–Crippen MR) is 127 cm³/mol. The molecule has 1 amide bonds. The summed E-state index contributed by atoms with van der Waals surface area (Å²) in [5.41, 5.74) is 2.28. The van der Waals surface area contributed by atoms with Gasteiger partial charge in [0.05, 0.1) is 29.3 Å². The molecule has 9 heteroatoms. The van der Waals surface area contributed by atoms with Crippen LogP contribution in [-0.2, 0) is 6.42 Å². The average molecular weight is 469 g/mol. The van der Waals surface area contributed by atoms with Gasteiger partial charge in [0.2, 0.25) is 0 Å². The van der Waals surface area contributed by atoms with Crippen molar-refractivity contribution in [2.75, 3.05) is 25.0 Å². The highest BCUT2D eigenvalue weighted by molar-refractivity contribution is 7.15. The number of piperidine rings is 1. The van der Waals surface area contributed by atoms with E-state index >= 15 is 0 Å². The van der Waals surface area contributed by atoms with Gasteiger partial charge in [-0.25, -0.2) is 19.0 Å². The first kappa shape index (κ1) is 22.2. The van der Waals surface area contributed by atoms with Gasteiger partial charge in [-0.3, -0.25) is 10.1 Å². The summed E-state index contributed by atoms with van der Waals surface area (Å²) in [6.07, 6.45) is 11.2. The van der Waals surface area contributed by atoms with Crippen LogP contribution in [-0.4, -0.2) is 50.2 Å².